The Morgan fingerprint density at radius 1 is 0.302 bits per heavy atom. The summed E-state index contributed by atoms with van der Waals surface area (Å²) in [6.07, 6.45) is 10.8. The molecule has 11 aromatic rings. The fourth-order valence-corrected chi connectivity index (χ4v) is 6.31. The van der Waals surface area contributed by atoms with Crippen molar-refractivity contribution in [3.63, 3.8) is 0 Å². The first-order valence-electron chi connectivity index (χ1n) is 16.4. The zero-order chi connectivity index (χ0) is 36.0. The van der Waals surface area contributed by atoms with E-state index in [0.717, 1.165) is 87.5 Å². The molecule has 0 aliphatic heterocycles. The third-order valence-corrected chi connectivity index (χ3v) is 8.61. The van der Waals surface area contributed by atoms with Gasteiger partial charge in [-0.25, -0.2) is 9.97 Å². The molecule has 0 fully saturated rings. The van der Waals surface area contributed by atoms with Gasteiger partial charge in [0.05, 0.1) is 55.2 Å². The maximum absolute atomic E-state index is 4.85. The molecular weight excluding hydrogens is 788 g/mol. The Bertz CT molecular complexity index is 2740. The molecule has 0 amide bonds. The first kappa shape index (κ1) is 34.2. The molecule has 53 heavy (non-hydrogen) atoms. The number of halogens is 2. The van der Waals surface area contributed by atoms with Crippen molar-refractivity contribution in [1.29, 1.82) is 0 Å². The van der Waals surface area contributed by atoms with E-state index < -0.39 is 0 Å². The van der Waals surface area contributed by atoms with Gasteiger partial charge in [-0.15, -0.1) is 0 Å². The Balaban J connectivity index is 0.000000113. The number of benzene rings is 4. The molecule has 0 aliphatic rings. The minimum Gasteiger partial charge on any atom is -0.254 e. The van der Waals surface area contributed by atoms with Crippen LogP contribution in [0.2, 0.25) is 0 Å². The van der Waals surface area contributed by atoms with Crippen molar-refractivity contribution in [3.05, 3.63) is 159 Å². The van der Waals surface area contributed by atoms with Crippen LogP contribution >= 0.6 is 19.4 Å². The van der Waals surface area contributed by atoms with E-state index in [9.17, 15) is 0 Å². The van der Waals surface area contributed by atoms with Gasteiger partial charge in [-0.2, -0.15) is 0 Å². The number of rotatable bonds is 0. The summed E-state index contributed by atoms with van der Waals surface area (Å²) in [5.74, 6) is 0. The second-order valence-electron chi connectivity index (χ2n) is 11.7. The third kappa shape index (κ3) is 7.02. The normalized spacial score (nSPS) is 11.0. The van der Waals surface area contributed by atoms with E-state index in [-0.39, 0.29) is 15.1 Å². The van der Waals surface area contributed by atoms with Crippen LogP contribution in [0, 0.1) is 0 Å². The summed E-state index contributed by atoms with van der Waals surface area (Å²) in [7, 11) is 9.71. The Morgan fingerprint density at radius 2 is 0.585 bits per heavy atom. The molecule has 11 heteroatoms. The predicted octanol–water partition coefficient (Wildman–Crippen LogP) is 10.8. The van der Waals surface area contributed by atoms with Gasteiger partial charge in [0, 0.05) is 69.5 Å². The molecule has 7 heterocycles. The zero-order valence-electron chi connectivity index (χ0n) is 27.7. The van der Waals surface area contributed by atoms with Crippen LogP contribution < -0.4 is 0 Å². The minimum atomic E-state index is -0.346. The van der Waals surface area contributed by atoms with Crippen molar-refractivity contribution < 1.29 is 15.1 Å². The summed E-state index contributed by atoms with van der Waals surface area (Å²) < 4.78 is 0. The van der Waals surface area contributed by atoms with Crippen molar-refractivity contribution in [2.75, 3.05) is 0 Å². The van der Waals surface area contributed by atoms with Gasteiger partial charge in [0.2, 0.25) is 0 Å². The standard InChI is InChI=1S/C18H10N4.2C12H8N2.2ClH.Ru/c1-2-8-14-13(7-1)21-17-11-5-3-9-19-15(11)16-12(18(17)22-14)6-4-10-20-16;2*1-3-9-5-6-10-4-2-8-14-12(10)11(9)13-7-1;;;/h1-10H;2*1-8H;2*1H;/q;;;;;+2/p-2. The van der Waals surface area contributed by atoms with Crippen LogP contribution in [0.15, 0.2) is 159 Å². The molecular formula is C42H26Cl2N8Ru. The van der Waals surface area contributed by atoms with Gasteiger partial charge >= 0.3 is 34.5 Å². The summed E-state index contributed by atoms with van der Waals surface area (Å²) >= 11 is -0.346. The molecule has 0 bridgehead atoms. The summed E-state index contributed by atoms with van der Waals surface area (Å²) in [5.41, 5.74) is 9.19. The van der Waals surface area contributed by atoms with Gasteiger partial charge in [-0.05, 0) is 60.7 Å². The van der Waals surface area contributed by atoms with Crippen molar-refractivity contribution >= 4 is 107 Å². The van der Waals surface area contributed by atoms with Crippen LogP contribution in [-0.2, 0) is 15.1 Å². The molecule has 7 aromatic heterocycles. The first-order valence-corrected chi connectivity index (χ1v) is 20.9. The van der Waals surface area contributed by atoms with Gasteiger partial charge in [-0.3, -0.25) is 29.9 Å². The quantitative estimate of drug-likeness (QED) is 0.0847. The molecule has 0 N–H and O–H groups in total. The van der Waals surface area contributed by atoms with Crippen LogP contribution in [0.25, 0.3) is 87.5 Å². The Labute approximate surface area is 318 Å². The molecule has 0 saturated carbocycles. The van der Waals surface area contributed by atoms with Crippen molar-refractivity contribution in [1.82, 2.24) is 39.9 Å². The van der Waals surface area contributed by atoms with E-state index >= 15 is 0 Å². The molecule has 0 radical (unpaired) electrons. The second kappa shape index (κ2) is 15.8. The third-order valence-electron chi connectivity index (χ3n) is 8.61. The Morgan fingerprint density at radius 3 is 0.906 bits per heavy atom. The van der Waals surface area contributed by atoms with Crippen LogP contribution in [0.3, 0.4) is 0 Å². The number of hydrogen-bond donors (Lipinski definition) is 0. The van der Waals surface area contributed by atoms with Gasteiger partial charge < -0.3 is 0 Å². The van der Waals surface area contributed by atoms with E-state index in [1.54, 1.807) is 37.2 Å². The Hall–Kier alpha value is -5.86. The van der Waals surface area contributed by atoms with Crippen molar-refractivity contribution in [2.24, 2.45) is 0 Å². The summed E-state index contributed by atoms with van der Waals surface area (Å²) in [6, 6.07) is 40.1. The Kier molecular flexibility index (Phi) is 10.2. The summed E-state index contributed by atoms with van der Waals surface area (Å²) in [4.78, 5) is 36.1. The largest absolute Gasteiger partial charge is 0.254 e. The predicted molar refractivity (Wildman–Crippen MR) is 213 cm³/mol. The van der Waals surface area contributed by atoms with Crippen LogP contribution in [0.5, 0.6) is 0 Å². The number of hydrogen-bond acceptors (Lipinski definition) is 8. The molecule has 8 nitrogen and oxygen atoms in total. The van der Waals surface area contributed by atoms with Gasteiger partial charge in [0.25, 0.3) is 0 Å². The molecule has 4 aromatic carbocycles. The zero-order valence-corrected chi connectivity index (χ0v) is 30.9. The fourth-order valence-electron chi connectivity index (χ4n) is 6.31. The van der Waals surface area contributed by atoms with Crippen molar-refractivity contribution in [3.8, 4) is 0 Å². The van der Waals surface area contributed by atoms with Crippen LogP contribution in [0.1, 0.15) is 0 Å². The van der Waals surface area contributed by atoms with Crippen molar-refractivity contribution in [2.45, 2.75) is 0 Å². The number of fused-ring (bicyclic) bond motifs is 13. The molecule has 0 spiro atoms. The van der Waals surface area contributed by atoms with E-state index in [1.807, 2.05) is 72.8 Å². The molecule has 0 atom stereocenters. The smallest absolute Gasteiger partial charge is 0.0996 e. The molecule has 0 saturated heterocycles. The SMILES string of the molecule is [Cl][Ru][Cl].c1ccc2nc3c4cccnc4c4ncccc4c3nc2c1.c1cnc2c(c1)ccc1cccnc12.c1cnc2c(c1)ccc1cccnc12. The molecule has 256 valence electrons. The van der Waals surface area contributed by atoms with Gasteiger partial charge in [-0.1, -0.05) is 60.7 Å². The second-order valence-corrected chi connectivity index (χ2v) is 14.3. The van der Waals surface area contributed by atoms with E-state index in [0.29, 0.717) is 0 Å². The fraction of sp³-hybridized carbons (Fsp3) is 0. The van der Waals surface area contributed by atoms with Gasteiger partial charge in [0.15, 0.2) is 0 Å². The average molecular weight is 815 g/mol. The molecule has 11 rings (SSSR count). The number of pyridine rings is 6. The minimum absolute atomic E-state index is 0.346. The number of aromatic nitrogens is 8. The van der Waals surface area contributed by atoms with Crippen LogP contribution in [-0.4, -0.2) is 39.9 Å². The summed E-state index contributed by atoms with van der Waals surface area (Å²) in [5, 5.41) is 6.53. The molecule has 0 aliphatic carbocycles. The number of nitrogens with zero attached hydrogens (tertiary/aromatic N) is 8. The van der Waals surface area contributed by atoms with E-state index in [4.69, 9.17) is 29.4 Å². The average Bonchev–Trinajstić information content (AvgIpc) is 3.24. The summed E-state index contributed by atoms with van der Waals surface area (Å²) in [6.45, 7) is 0. The monoisotopic (exact) mass is 814 g/mol. The maximum atomic E-state index is 4.85. The van der Waals surface area contributed by atoms with E-state index in [2.05, 4.69) is 78.4 Å². The van der Waals surface area contributed by atoms with E-state index in [1.165, 1.54) is 0 Å². The number of para-hydroxylation sites is 2. The maximum Gasteiger partial charge on any atom is 0.0996 e. The van der Waals surface area contributed by atoms with Gasteiger partial charge in [0.1, 0.15) is 0 Å². The first-order chi connectivity index (χ1) is 26.2. The topological polar surface area (TPSA) is 103 Å². The van der Waals surface area contributed by atoms with Crippen LogP contribution in [0.4, 0.5) is 0 Å². The molecule has 0 unspecified atom stereocenters.